The van der Waals surface area contributed by atoms with Crippen LogP contribution in [0.3, 0.4) is 0 Å². The Balaban J connectivity index is 1.32. The summed E-state index contributed by atoms with van der Waals surface area (Å²) in [5, 5.41) is 2.62. The van der Waals surface area contributed by atoms with Gasteiger partial charge in [0.2, 0.25) is 11.8 Å². The number of carbonyl (C=O) groups is 4. The molecule has 2 bridgehead atoms. The average molecular weight is 572 g/mol. The Labute approximate surface area is 202 Å². The summed E-state index contributed by atoms with van der Waals surface area (Å²) in [6.07, 6.45) is 0.817. The highest BCUT2D eigenvalue weighted by Crippen LogP contribution is 2.60. The van der Waals surface area contributed by atoms with E-state index in [2.05, 4.69) is 37.2 Å². The first-order chi connectivity index (χ1) is 15.2. The van der Waals surface area contributed by atoms with Crippen LogP contribution in [0.15, 0.2) is 24.3 Å². The Morgan fingerprint density at radius 1 is 1.09 bits per heavy atom. The van der Waals surface area contributed by atoms with E-state index in [9.17, 15) is 19.2 Å². The maximum Gasteiger partial charge on any atom is 0.329 e. The van der Waals surface area contributed by atoms with Gasteiger partial charge in [0.15, 0.2) is 6.61 Å². The van der Waals surface area contributed by atoms with Crippen LogP contribution < -0.4 is 10.1 Å². The van der Waals surface area contributed by atoms with Gasteiger partial charge in [-0.1, -0.05) is 31.9 Å². The topological polar surface area (TPSA) is 102 Å². The number of rotatable bonds is 7. The number of ether oxygens (including phenoxy) is 2. The number of amides is 3. The van der Waals surface area contributed by atoms with Crippen LogP contribution in [0, 0.1) is 23.7 Å². The molecule has 0 aromatic heterocycles. The summed E-state index contributed by atoms with van der Waals surface area (Å²) >= 11 is 7.28. The molecule has 7 atom stereocenters. The molecule has 1 saturated heterocycles. The minimum Gasteiger partial charge on any atom is -0.494 e. The number of benzene rings is 1. The van der Waals surface area contributed by atoms with Gasteiger partial charge in [0.05, 0.1) is 18.4 Å². The Kier molecular flexibility index (Phi) is 6.63. The highest BCUT2D eigenvalue weighted by molar-refractivity contribution is 9.12. The number of alkyl halides is 2. The van der Waals surface area contributed by atoms with Gasteiger partial charge in [-0.15, -0.1) is 0 Å². The van der Waals surface area contributed by atoms with Gasteiger partial charge in [-0.05, 0) is 56.4 Å². The van der Waals surface area contributed by atoms with Crippen molar-refractivity contribution in [3.63, 3.8) is 0 Å². The molecule has 10 heteroatoms. The Bertz CT molecular complexity index is 907. The molecular weight excluding hydrogens is 548 g/mol. The number of nitrogens with one attached hydrogen (secondary N) is 1. The number of carbonyl (C=O) groups excluding carboxylic acids is 4. The van der Waals surface area contributed by atoms with E-state index in [-0.39, 0.29) is 33.3 Å². The van der Waals surface area contributed by atoms with Gasteiger partial charge >= 0.3 is 5.97 Å². The van der Waals surface area contributed by atoms with Crippen molar-refractivity contribution in [1.82, 2.24) is 4.90 Å². The third kappa shape index (κ3) is 3.96. The molecule has 4 rings (SSSR count). The molecule has 2 saturated carbocycles. The standard InChI is InChI=1S/C22H24Br2N2O6/c1-3-31-12-6-4-11(5-7-12)25-15(27)9-32-22(30)10(2)26-20(28)16-13-8-14(17(16)21(26)29)19(24)18(13)23/h4-7,10,13-14,16-19H,3,8-9H2,1-2H3,(H,25,27)/t10-,13+,14+,16-,17+,18-,19-/m0/s1. The zero-order valence-corrected chi connectivity index (χ0v) is 20.8. The summed E-state index contributed by atoms with van der Waals surface area (Å²) in [7, 11) is 0. The number of hydrogen-bond donors (Lipinski definition) is 1. The van der Waals surface area contributed by atoms with E-state index in [1.54, 1.807) is 24.3 Å². The van der Waals surface area contributed by atoms with Crippen molar-refractivity contribution in [3.05, 3.63) is 24.3 Å². The number of nitrogens with zero attached hydrogens (tertiary/aromatic N) is 1. The van der Waals surface area contributed by atoms with Crippen molar-refractivity contribution in [2.24, 2.45) is 23.7 Å². The van der Waals surface area contributed by atoms with Gasteiger partial charge in [0.25, 0.3) is 5.91 Å². The summed E-state index contributed by atoms with van der Waals surface area (Å²) < 4.78 is 10.4. The number of fused-ring (bicyclic) bond motifs is 5. The fraction of sp³-hybridized carbons (Fsp3) is 0.545. The van der Waals surface area contributed by atoms with Gasteiger partial charge in [-0.2, -0.15) is 0 Å². The second-order valence-corrected chi connectivity index (χ2v) is 10.5. The molecule has 0 spiro atoms. The molecule has 3 amide bonds. The molecule has 1 heterocycles. The van der Waals surface area contributed by atoms with E-state index in [4.69, 9.17) is 9.47 Å². The number of anilines is 1. The molecule has 0 radical (unpaired) electrons. The minimum atomic E-state index is -1.08. The van der Waals surface area contributed by atoms with Crippen LogP contribution in [0.1, 0.15) is 20.3 Å². The summed E-state index contributed by atoms with van der Waals surface area (Å²) in [5.41, 5.74) is 0.532. The zero-order valence-electron chi connectivity index (χ0n) is 17.6. The molecule has 0 unspecified atom stereocenters. The average Bonchev–Trinajstić information content (AvgIpc) is 3.38. The SMILES string of the molecule is CCOc1ccc(NC(=O)COC(=O)[C@H](C)N2C(=O)[C@@H]3[C@H]4C[C@@H]([C@H](Br)[C@H]4Br)[C@@H]3C2=O)cc1. The number of halogens is 2. The Morgan fingerprint density at radius 2 is 1.66 bits per heavy atom. The molecule has 2 aliphatic carbocycles. The largest absolute Gasteiger partial charge is 0.494 e. The lowest BCUT2D eigenvalue weighted by atomic mass is 9.81. The Morgan fingerprint density at radius 3 is 2.19 bits per heavy atom. The van der Waals surface area contributed by atoms with Crippen molar-refractivity contribution in [2.75, 3.05) is 18.5 Å². The molecule has 32 heavy (non-hydrogen) atoms. The summed E-state index contributed by atoms with van der Waals surface area (Å²) in [6, 6.07) is 5.71. The van der Waals surface area contributed by atoms with E-state index in [0.717, 1.165) is 11.3 Å². The van der Waals surface area contributed by atoms with Gasteiger partial charge in [0.1, 0.15) is 11.8 Å². The Hall–Kier alpha value is -1.94. The first-order valence-corrected chi connectivity index (χ1v) is 12.4. The molecular formula is C22H24Br2N2O6. The molecule has 3 aliphatic rings. The quantitative estimate of drug-likeness (QED) is 0.307. The third-order valence-electron chi connectivity index (χ3n) is 6.54. The van der Waals surface area contributed by atoms with Crippen molar-refractivity contribution < 1.29 is 28.7 Å². The van der Waals surface area contributed by atoms with Crippen molar-refractivity contribution in [3.8, 4) is 5.75 Å². The van der Waals surface area contributed by atoms with E-state index in [0.29, 0.717) is 18.0 Å². The zero-order chi connectivity index (χ0) is 23.2. The van der Waals surface area contributed by atoms with Crippen molar-refractivity contribution in [1.29, 1.82) is 0 Å². The highest BCUT2D eigenvalue weighted by atomic mass is 79.9. The monoisotopic (exact) mass is 570 g/mol. The predicted octanol–water partition coefficient (Wildman–Crippen LogP) is 2.73. The fourth-order valence-electron chi connectivity index (χ4n) is 5.11. The molecule has 1 aliphatic heterocycles. The normalized spacial score (nSPS) is 31.4. The molecule has 8 nitrogen and oxygen atoms in total. The van der Waals surface area contributed by atoms with Crippen LogP contribution >= 0.6 is 31.9 Å². The van der Waals surface area contributed by atoms with Crippen LogP contribution in [0.4, 0.5) is 5.69 Å². The van der Waals surface area contributed by atoms with Crippen LogP contribution in [0.25, 0.3) is 0 Å². The predicted molar refractivity (Wildman–Crippen MR) is 123 cm³/mol. The van der Waals surface area contributed by atoms with Crippen LogP contribution in [-0.4, -0.2) is 57.5 Å². The van der Waals surface area contributed by atoms with E-state index >= 15 is 0 Å². The molecule has 3 fully saturated rings. The van der Waals surface area contributed by atoms with Crippen LogP contribution in [0.2, 0.25) is 0 Å². The van der Waals surface area contributed by atoms with Crippen LogP contribution in [0.5, 0.6) is 5.75 Å². The summed E-state index contributed by atoms with van der Waals surface area (Å²) in [4.78, 5) is 52.0. The second kappa shape index (κ2) is 9.13. The first-order valence-electron chi connectivity index (χ1n) is 10.6. The number of likely N-dealkylation sites (tertiary alicyclic amines) is 1. The van der Waals surface area contributed by atoms with E-state index in [1.807, 2.05) is 6.92 Å². The number of hydrogen-bond acceptors (Lipinski definition) is 6. The maximum absolute atomic E-state index is 13.0. The maximum atomic E-state index is 13.0. The third-order valence-corrected chi connectivity index (χ3v) is 9.75. The van der Waals surface area contributed by atoms with Gasteiger partial charge in [0, 0.05) is 15.3 Å². The lowest BCUT2D eigenvalue weighted by Crippen LogP contribution is -2.45. The van der Waals surface area contributed by atoms with E-state index < -0.39 is 36.4 Å². The molecule has 172 valence electrons. The molecule has 1 aromatic rings. The highest BCUT2D eigenvalue weighted by Gasteiger charge is 2.67. The van der Waals surface area contributed by atoms with Crippen molar-refractivity contribution in [2.45, 2.75) is 36.0 Å². The fourth-order valence-corrected chi connectivity index (χ4v) is 6.99. The van der Waals surface area contributed by atoms with Gasteiger partial charge < -0.3 is 14.8 Å². The summed E-state index contributed by atoms with van der Waals surface area (Å²) in [6.45, 7) is 3.36. The molecule has 1 N–H and O–H groups in total. The van der Waals surface area contributed by atoms with Gasteiger partial charge in [-0.25, -0.2) is 4.79 Å². The number of imide groups is 1. The minimum absolute atomic E-state index is 0.0685. The smallest absolute Gasteiger partial charge is 0.329 e. The number of esters is 1. The lowest BCUT2D eigenvalue weighted by molar-refractivity contribution is -0.159. The summed E-state index contributed by atoms with van der Waals surface area (Å²) in [5.74, 6) is -1.93. The first kappa shape index (κ1) is 23.2. The van der Waals surface area contributed by atoms with Gasteiger partial charge in [-0.3, -0.25) is 19.3 Å². The van der Waals surface area contributed by atoms with Crippen molar-refractivity contribution >= 4 is 61.2 Å². The van der Waals surface area contributed by atoms with E-state index in [1.165, 1.54) is 6.92 Å². The molecule has 1 aromatic carbocycles. The lowest BCUT2D eigenvalue weighted by Gasteiger charge is -2.28. The second-order valence-electron chi connectivity index (χ2n) is 8.34. The van der Waals surface area contributed by atoms with Crippen LogP contribution in [-0.2, 0) is 23.9 Å².